The second-order valence-corrected chi connectivity index (χ2v) is 12.0. The van der Waals surface area contributed by atoms with Crippen molar-refractivity contribution in [2.75, 3.05) is 13.1 Å². The zero-order valence-electron chi connectivity index (χ0n) is 22.3. The van der Waals surface area contributed by atoms with Crippen molar-refractivity contribution in [2.45, 2.75) is 44.7 Å². The Balaban J connectivity index is 1.71. The van der Waals surface area contributed by atoms with Gasteiger partial charge in [-0.15, -0.1) is 0 Å². The minimum Gasteiger partial charge on any atom is -0.354 e. The number of amides is 3. The molecule has 1 heterocycles. The normalized spacial score (nSPS) is 14.7. The maximum atomic E-state index is 13.9. The summed E-state index contributed by atoms with van der Waals surface area (Å²) in [6.07, 6.45) is 0.225. The predicted octanol–water partition coefficient (Wildman–Crippen LogP) is 3.55. The molecular formula is C30H33N3O5S. The smallest absolute Gasteiger partial charge is 0.269 e. The third-order valence-electron chi connectivity index (χ3n) is 6.58. The molecule has 3 amide bonds. The van der Waals surface area contributed by atoms with Gasteiger partial charge in [-0.1, -0.05) is 86.1 Å². The fourth-order valence-electron chi connectivity index (χ4n) is 4.58. The highest BCUT2D eigenvalue weighted by atomic mass is 32.2. The maximum absolute atomic E-state index is 13.9. The number of hydrogen-bond donors (Lipinski definition) is 1. The molecule has 204 valence electrons. The zero-order chi connectivity index (χ0) is 28.2. The molecule has 1 unspecified atom stereocenters. The second-order valence-electron chi connectivity index (χ2n) is 10.2. The number of nitrogens with zero attached hydrogens (tertiary/aromatic N) is 2. The van der Waals surface area contributed by atoms with Gasteiger partial charge in [-0.2, -0.15) is 0 Å². The van der Waals surface area contributed by atoms with Crippen molar-refractivity contribution >= 4 is 27.7 Å². The van der Waals surface area contributed by atoms with Crippen molar-refractivity contribution in [3.05, 3.63) is 101 Å². The summed E-state index contributed by atoms with van der Waals surface area (Å²) in [5.74, 6) is -1.54. The largest absolute Gasteiger partial charge is 0.354 e. The van der Waals surface area contributed by atoms with Crippen molar-refractivity contribution in [2.24, 2.45) is 5.92 Å². The number of hydrogen-bond acceptors (Lipinski definition) is 5. The highest BCUT2D eigenvalue weighted by Crippen LogP contribution is 2.30. The van der Waals surface area contributed by atoms with Crippen LogP contribution >= 0.6 is 0 Å². The van der Waals surface area contributed by atoms with Gasteiger partial charge in [-0.05, 0) is 36.1 Å². The second kappa shape index (κ2) is 11.8. The van der Waals surface area contributed by atoms with E-state index in [0.717, 1.165) is 16.7 Å². The maximum Gasteiger partial charge on any atom is 0.269 e. The molecule has 0 bridgehead atoms. The van der Waals surface area contributed by atoms with E-state index in [9.17, 15) is 22.8 Å². The van der Waals surface area contributed by atoms with Crippen LogP contribution in [0.1, 0.15) is 40.9 Å². The number of sulfonamides is 1. The van der Waals surface area contributed by atoms with Gasteiger partial charge < -0.3 is 10.2 Å². The Morgan fingerprint density at radius 1 is 0.923 bits per heavy atom. The van der Waals surface area contributed by atoms with Gasteiger partial charge in [0, 0.05) is 19.5 Å². The Bertz CT molecular complexity index is 1470. The Hall–Kier alpha value is -3.98. The molecule has 0 fully saturated rings. The third-order valence-corrected chi connectivity index (χ3v) is 8.37. The van der Waals surface area contributed by atoms with Crippen LogP contribution in [-0.2, 0) is 32.6 Å². The molecule has 4 rings (SSSR count). The van der Waals surface area contributed by atoms with E-state index in [1.807, 2.05) is 75.4 Å². The van der Waals surface area contributed by atoms with Gasteiger partial charge in [-0.25, -0.2) is 12.7 Å². The number of aryl methyl sites for hydroxylation is 1. The van der Waals surface area contributed by atoms with E-state index in [0.29, 0.717) is 10.8 Å². The summed E-state index contributed by atoms with van der Waals surface area (Å²) in [4.78, 5) is 41.8. The average molecular weight is 548 g/mol. The van der Waals surface area contributed by atoms with Crippen molar-refractivity contribution in [3.63, 3.8) is 0 Å². The molecule has 1 aliphatic heterocycles. The number of fused-ring (bicyclic) bond motifs is 1. The van der Waals surface area contributed by atoms with Gasteiger partial charge in [0.1, 0.15) is 17.5 Å². The monoisotopic (exact) mass is 547 g/mol. The minimum atomic E-state index is -4.19. The molecule has 0 saturated carbocycles. The number of carbonyl (C=O) groups excluding carboxylic acids is 3. The zero-order valence-corrected chi connectivity index (χ0v) is 23.1. The van der Waals surface area contributed by atoms with Gasteiger partial charge in [0.25, 0.3) is 15.9 Å². The number of carbonyl (C=O) groups is 3. The van der Waals surface area contributed by atoms with Crippen molar-refractivity contribution in [1.82, 2.24) is 14.5 Å². The molecule has 1 atom stereocenters. The van der Waals surface area contributed by atoms with Crippen LogP contribution in [0, 0.1) is 12.8 Å². The summed E-state index contributed by atoms with van der Waals surface area (Å²) in [7, 11) is -4.19. The van der Waals surface area contributed by atoms with Gasteiger partial charge in [0.2, 0.25) is 11.8 Å². The third kappa shape index (κ3) is 6.37. The van der Waals surface area contributed by atoms with Crippen LogP contribution < -0.4 is 5.32 Å². The van der Waals surface area contributed by atoms with Gasteiger partial charge in [0.05, 0.1) is 5.56 Å². The van der Waals surface area contributed by atoms with E-state index in [1.165, 1.54) is 23.1 Å². The molecule has 1 aliphatic rings. The molecular weight excluding hydrogens is 514 g/mol. The number of rotatable bonds is 10. The summed E-state index contributed by atoms with van der Waals surface area (Å²) in [5.41, 5.74) is 2.65. The average Bonchev–Trinajstić information content (AvgIpc) is 3.10. The summed E-state index contributed by atoms with van der Waals surface area (Å²) in [5, 5.41) is 2.94. The van der Waals surface area contributed by atoms with Crippen molar-refractivity contribution < 1.29 is 22.8 Å². The van der Waals surface area contributed by atoms with Crippen LogP contribution in [0.4, 0.5) is 0 Å². The summed E-state index contributed by atoms with van der Waals surface area (Å²) < 4.78 is 27.0. The molecule has 1 N–H and O–H groups in total. The summed E-state index contributed by atoms with van der Waals surface area (Å²) in [6.45, 7) is 5.67. The van der Waals surface area contributed by atoms with Gasteiger partial charge >= 0.3 is 0 Å². The predicted molar refractivity (Wildman–Crippen MR) is 148 cm³/mol. The van der Waals surface area contributed by atoms with Crippen molar-refractivity contribution in [1.29, 1.82) is 0 Å². The molecule has 39 heavy (non-hydrogen) atoms. The minimum absolute atomic E-state index is 0.0334. The Kier molecular flexibility index (Phi) is 8.50. The summed E-state index contributed by atoms with van der Waals surface area (Å²) in [6, 6.07) is 21.9. The molecule has 9 heteroatoms. The van der Waals surface area contributed by atoms with Crippen LogP contribution in [0.15, 0.2) is 83.8 Å². The van der Waals surface area contributed by atoms with E-state index >= 15 is 0 Å². The van der Waals surface area contributed by atoms with E-state index in [1.54, 1.807) is 6.07 Å². The lowest BCUT2D eigenvalue weighted by Gasteiger charge is -2.32. The van der Waals surface area contributed by atoms with Crippen molar-refractivity contribution in [3.8, 4) is 0 Å². The molecule has 3 aromatic rings. The van der Waals surface area contributed by atoms with Crippen LogP contribution in [0.25, 0.3) is 0 Å². The SMILES string of the molecule is Cc1cccc(CN(C(=O)CN2C(=O)c3ccccc3S2(=O)=O)C(Cc2ccccc2)C(=O)NCC(C)C)c1. The fraction of sp³-hybridized carbons (Fsp3) is 0.300. The fourth-order valence-corrected chi connectivity index (χ4v) is 6.10. The quantitative estimate of drug-likeness (QED) is 0.418. The number of benzene rings is 3. The highest BCUT2D eigenvalue weighted by molar-refractivity contribution is 7.90. The first-order valence-corrected chi connectivity index (χ1v) is 14.3. The Morgan fingerprint density at radius 3 is 2.26 bits per heavy atom. The Morgan fingerprint density at radius 2 is 1.59 bits per heavy atom. The van der Waals surface area contributed by atoms with Crippen LogP contribution in [0.5, 0.6) is 0 Å². The molecule has 0 spiro atoms. The summed E-state index contributed by atoms with van der Waals surface area (Å²) >= 11 is 0. The highest BCUT2D eigenvalue weighted by Gasteiger charge is 2.43. The van der Waals surface area contributed by atoms with Crippen LogP contribution in [0.2, 0.25) is 0 Å². The molecule has 0 aliphatic carbocycles. The van der Waals surface area contributed by atoms with E-state index in [-0.39, 0.29) is 35.2 Å². The standard InChI is InChI=1S/C30H33N3O5S/c1-21(2)18-31-29(35)26(17-23-11-5-4-6-12-23)32(19-24-13-9-10-22(3)16-24)28(34)20-33-30(36)25-14-7-8-15-27(25)39(33,37)38/h4-16,21,26H,17-20H2,1-3H3,(H,31,35). The van der Waals surface area contributed by atoms with E-state index in [4.69, 9.17) is 0 Å². The van der Waals surface area contributed by atoms with Crippen LogP contribution in [-0.4, -0.2) is 54.5 Å². The topological polar surface area (TPSA) is 104 Å². The van der Waals surface area contributed by atoms with Crippen LogP contribution in [0.3, 0.4) is 0 Å². The first-order chi connectivity index (χ1) is 18.6. The molecule has 0 radical (unpaired) electrons. The van der Waals surface area contributed by atoms with E-state index in [2.05, 4.69) is 5.32 Å². The van der Waals surface area contributed by atoms with Gasteiger partial charge in [0.15, 0.2) is 0 Å². The first kappa shape index (κ1) is 28.0. The molecule has 8 nitrogen and oxygen atoms in total. The Labute approximate surface area is 229 Å². The van der Waals surface area contributed by atoms with Gasteiger partial charge in [-0.3, -0.25) is 14.4 Å². The molecule has 3 aromatic carbocycles. The molecule has 0 saturated heterocycles. The molecule has 0 aromatic heterocycles. The lowest BCUT2D eigenvalue weighted by Crippen LogP contribution is -2.53. The lowest BCUT2D eigenvalue weighted by molar-refractivity contribution is -0.141. The first-order valence-electron chi connectivity index (χ1n) is 12.9. The lowest BCUT2D eigenvalue weighted by atomic mass is 10.0. The number of nitrogens with one attached hydrogen (secondary N) is 1. The van der Waals surface area contributed by atoms with E-state index < -0.39 is 34.4 Å².